The van der Waals surface area contributed by atoms with E-state index in [1.807, 2.05) is 36.4 Å². The number of alkyl carbamates (subject to hydrolysis) is 1. The van der Waals surface area contributed by atoms with E-state index in [1.54, 1.807) is 31.2 Å². The Bertz CT molecular complexity index is 1180. The van der Waals surface area contributed by atoms with E-state index < -0.39 is 24.0 Å². The molecule has 0 bridgehead atoms. The molecule has 0 fully saturated rings. The van der Waals surface area contributed by atoms with Gasteiger partial charge in [0.25, 0.3) is 0 Å². The number of hydrogen-bond acceptors (Lipinski definition) is 4. The van der Waals surface area contributed by atoms with Gasteiger partial charge < -0.3 is 20.5 Å². The van der Waals surface area contributed by atoms with Crippen LogP contribution in [-0.2, 0) is 27.3 Å². The maximum Gasteiger partial charge on any atom is 0.407 e. The van der Waals surface area contributed by atoms with Gasteiger partial charge in [-0.25, -0.2) is 4.79 Å². The van der Waals surface area contributed by atoms with Crippen LogP contribution in [0.25, 0.3) is 11.1 Å². The normalized spacial score (nSPS) is 12.9. The zero-order valence-corrected chi connectivity index (χ0v) is 18.8. The molecule has 4 rings (SSSR count). The summed E-state index contributed by atoms with van der Waals surface area (Å²) in [6.45, 7) is 1.90. The van der Waals surface area contributed by atoms with E-state index in [9.17, 15) is 14.4 Å². The summed E-state index contributed by atoms with van der Waals surface area (Å²) in [6, 6.07) is 22.3. The molecule has 0 aliphatic heterocycles. The zero-order valence-electron chi connectivity index (χ0n) is 18.8. The topological polar surface area (TPSA) is 105 Å². The number of carboxylic acid groups (broad SMARTS) is 1. The Morgan fingerprint density at radius 3 is 2.06 bits per heavy atom. The molecule has 7 heteroatoms. The van der Waals surface area contributed by atoms with Crippen molar-refractivity contribution in [3.63, 3.8) is 0 Å². The zero-order chi connectivity index (χ0) is 24.1. The standard InChI is InChI=1S/C27H26N2O5/c1-17(26(32)28-15-19-9-3-2-8-18(19)14-25(30)31)29-27(33)34-16-24-22-12-6-4-10-20(22)21-11-5-7-13-23(21)24/h2-13,17,24H,14-16H2,1H3,(H,28,32)(H,29,33)(H,30,31)/t17-/m0/s1. The van der Waals surface area contributed by atoms with Crippen molar-refractivity contribution >= 4 is 18.0 Å². The number of hydrogen-bond donors (Lipinski definition) is 3. The van der Waals surface area contributed by atoms with E-state index in [-0.39, 0.29) is 25.5 Å². The number of rotatable bonds is 8. The predicted molar refractivity (Wildman–Crippen MR) is 127 cm³/mol. The number of nitrogens with one attached hydrogen (secondary N) is 2. The molecule has 34 heavy (non-hydrogen) atoms. The number of carbonyl (C=O) groups is 3. The monoisotopic (exact) mass is 458 g/mol. The molecule has 3 aromatic rings. The molecule has 0 unspecified atom stereocenters. The number of aliphatic carboxylic acids is 1. The second-order valence-corrected chi connectivity index (χ2v) is 8.25. The van der Waals surface area contributed by atoms with Gasteiger partial charge in [0.2, 0.25) is 5.91 Å². The molecule has 0 spiro atoms. The summed E-state index contributed by atoms with van der Waals surface area (Å²) in [4.78, 5) is 35.9. The molecule has 0 saturated heterocycles. The molecule has 1 atom stereocenters. The highest BCUT2D eigenvalue weighted by molar-refractivity contribution is 5.85. The van der Waals surface area contributed by atoms with Gasteiger partial charge in [0, 0.05) is 12.5 Å². The van der Waals surface area contributed by atoms with Crippen LogP contribution < -0.4 is 10.6 Å². The fraction of sp³-hybridized carbons (Fsp3) is 0.222. The van der Waals surface area contributed by atoms with Gasteiger partial charge in [-0.3, -0.25) is 9.59 Å². The maximum atomic E-state index is 12.5. The molecular formula is C27H26N2O5. The Morgan fingerprint density at radius 1 is 0.882 bits per heavy atom. The molecule has 1 aliphatic carbocycles. The van der Waals surface area contributed by atoms with Crippen LogP contribution in [0.4, 0.5) is 4.79 Å². The Kier molecular flexibility index (Phi) is 6.92. The van der Waals surface area contributed by atoms with Crippen LogP contribution in [-0.4, -0.2) is 35.7 Å². The summed E-state index contributed by atoms with van der Waals surface area (Å²) in [5.41, 5.74) is 5.86. The van der Waals surface area contributed by atoms with Gasteiger partial charge in [0.1, 0.15) is 12.6 Å². The Balaban J connectivity index is 1.31. The molecule has 1 aliphatic rings. The molecule has 2 amide bonds. The first-order chi connectivity index (χ1) is 16.4. The van der Waals surface area contributed by atoms with Crippen LogP contribution in [0, 0.1) is 0 Å². The van der Waals surface area contributed by atoms with Crippen molar-refractivity contribution in [2.24, 2.45) is 0 Å². The smallest absolute Gasteiger partial charge is 0.407 e. The molecule has 0 radical (unpaired) electrons. The lowest BCUT2D eigenvalue weighted by atomic mass is 9.98. The van der Waals surface area contributed by atoms with Gasteiger partial charge in [0.05, 0.1) is 6.42 Å². The predicted octanol–water partition coefficient (Wildman–Crippen LogP) is 3.86. The molecule has 174 valence electrons. The third-order valence-electron chi connectivity index (χ3n) is 5.98. The first-order valence-corrected chi connectivity index (χ1v) is 11.1. The maximum absolute atomic E-state index is 12.5. The lowest BCUT2D eigenvalue weighted by molar-refractivity contribution is -0.136. The molecule has 0 aromatic heterocycles. The Labute approximate surface area is 197 Å². The van der Waals surface area contributed by atoms with Crippen LogP contribution in [0.1, 0.15) is 35.1 Å². The van der Waals surface area contributed by atoms with Crippen LogP contribution >= 0.6 is 0 Å². The summed E-state index contributed by atoms with van der Waals surface area (Å²) in [5, 5.41) is 14.4. The SMILES string of the molecule is C[C@H](NC(=O)OCC1c2ccccc2-c2ccccc21)C(=O)NCc1ccccc1CC(=O)O. The van der Waals surface area contributed by atoms with Gasteiger partial charge in [-0.2, -0.15) is 0 Å². The molecular weight excluding hydrogens is 432 g/mol. The largest absolute Gasteiger partial charge is 0.481 e. The van der Waals surface area contributed by atoms with Gasteiger partial charge >= 0.3 is 12.1 Å². The highest BCUT2D eigenvalue weighted by atomic mass is 16.5. The summed E-state index contributed by atoms with van der Waals surface area (Å²) in [6.07, 6.45) is -0.796. The lowest BCUT2D eigenvalue weighted by Gasteiger charge is -2.17. The second kappa shape index (κ2) is 10.2. The fourth-order valence-electron chi connectivity index (χ4n) is 4.28. The Morgan fingerprint density at radius 2 is 1.44 bits per heavy atom. The first kappa shape index (κ1) is 23.0. The second-order valence-electron chi connectivity index (χ2n) is 8.25. The molecule has 7 nitrogen and oxygen atoms in total. The number of fused-ring (bicyclic) bond motifs is 3. The van der Waals surface area contributed by atoms with Crippen molar-refractivity contribution in [2.45, 2.75) is 31.8 Å². The van der Waals surface area contributed by atoms with Crippen molar-refractivity contribution in [1.82, 2.24) is 10.6 Å². The summed E-state index contributed by atoms with van der Waals surface area (Å²) < 4.78 is 5.49. The fourth-order valence-corrected chi connectivity index (χ4v) is 4.28. The number of benzene rings is 3. The minimum atomic E-state index is -0.941. The van der Waals surface area contributed by atoms with E-state index in [4.69, 9.17) is 9.84 Å². The lowest BCUT2D eigenvalue weighted by Crippen LogP contribution is -2.45. The van der Waals surface area contributed by atoms with E-state index >= 15 is 0 Å². The third kappa shape index (κ3) is 5.09. The highest BCUT2D eigenvalue weighted by Gasteiger charge is 2.29. The molecule has 0 saturated carbocycles. The third-order valence-corrected chi connectivity index (χ3v) is 5.98. The van der Waals surface area contributed by atoms with Crippen molar-refractivity contribution < 1.29 is 24.2 Å². The number of amides is 2. The van der Waals surface area contributed by atoms with Crippen molar-refractivity contribution in [2.75, 3.05) is 6.61 Å². The van der Waals surface area contributed by atoms with Crippen molar-refractivity contribution in [3.05, 3.63) is 95.1 Å². The molecule has 3 N–H and O–H groups in total. The van der Waals surface area contributed by atoms with E-state index in [0.717, 1.165) is 22.3 Å². The van der Waals surface area contributed by atoms with Crippen LogP contribution in [0.5, 0.6) is 0 Å². The van der Waals surface area contributed by atoms with Crippen molar-refractivity contribution in [3.8, 4) is 11.1 Å². The van der Waals surface area contributed by atoms with Gasteiger partial charge in [-0.15, -0.1) is 0 Å². The van der Waals surface area contributed by atoms with Crippen LogP contribution in [0.2, 0.25) is 0 Å². The van der Waals surface area contributed by atoms with E-state index in [1.165, 1.54) is 0 Å². The van der Waals surface area contributed by atoms with E-state index in [2.05, 4.69) is 22.8 Å². The minimum Gasteiger partial charge on any atom is -0.481 e. The summed E-state index contributed by atoms with van der Waals surface area (Å²) >= 11 is 0. The molecule has 3 aromatic carbocycles. The quantitative estimate of drug-likeness (QED) is 0.476. The average Bonchev–Trinajstić information content (AvgIpc) is 3.15. The number of carboxylic acids is 1. The molecule has 0 heterocycles. The number of ether oxygens (including phenoxy) is 1. The number of carbonyl (C=O) groups excluding carboxylic acids is 2. The first-order valence-electron chi connectivity index (χ1n) is 11.1. The Hall–Kier alpha value is -4.13. The van der Waals surface area contributed by atoms with Crippen molar-refractivity contribution in [1.29, 1.82) is 0 Å². The summed E-state index contributed by atoms with van der Waals surface area (Å²) in [7, 11) is 0. The highest BCUT2D eigenvalue weighted by Crippen LogP contribution is 2.44. The van der Waals surface area contributed by atoms with Gasteiger partial charge in [-0.05, 0) is 40.3 Å². The minimum absolute atomic E-state index is 0.0620. The van der Waals surface area contributed by atoms with Crippen LogP contribution in [0.15, 0.2) is 72.8 Å². The van der Waals surface area contributed by atoms with Crippen LogP contribution in [0.3, 0.4) is 0 Å². The van der Waals surface area contributed by atoms with Gasteiger partial charge in [0.15, 0.2) is 0 Å². The van der Waals surface area contributed by atoms with E-state index in [0.29, 0.717) is 11.1 Å². The van der Waals surface area contributed by atoms with Gasteiger partial charge in [-0.1, -0.05) is 72.8 Å². The summed E-state index contributed by atoms with van der Waals surface area (Å²) in [5.74, 6) is -1.39. The average molecular weight is 459 g/mol.